The molecule has 0 fully saturated rings. The van der Waals surface area contributed by atoms with Gasteiger partial charge in [0.2, 0.25) is 0 Å². The second kappa shape index (κ2) is 12.9. The Hall–Kier alpha value is -8.38. The van der Waals surface area contributed by atoms with Crippen molar-refractivity contribution < 1.29 is 0 Å². The van der Waals surface area contributed by atoms with E-state index in [1.54, 1.807) is 0 Å². The molecule has 0 saturated carbocycles. The zero-order valence-corrected chi connectivity index (χ0v) is 35.4. The summed E-state index contributed by atoms with van der Waals surface area (Å²) in [5.74, 6) is 0.239. The molecule has 3 aliphatic rings. The van der Waals surface area contributed by atoms with Crippen LogP contribution in [0.1, 0.15) is 44.9 Å². The lowest BCUT2D eigenvalue weighted by molar-refractivity contribution is 0.794. The normalized spacial score (nSPS) is 14.9. The SMILES string of the molecule is c1ccc2c(c#1)C1(c3ccccc3-2)c2ccccc2-c2cc(-n3c4ccc(C5Cc6ccccc6-c6ccccc65)cc4c4cc(-n5c6ccccc6c6ccccc65)ccc43)ccc21. The zero-order chi connectivity index (χ0) is 42.4. The molecule has 0 aliphatic heterocycles. The molecular formula is C63H38N2. The van der Waals surface area contributed by atoms with Crippen molar-refractivity contribution in [2.45, 2.75) is 17.8 Å². The van der Waals surface area contributed by atoms with Crippen LogP contribution < -0.4 is 0 Å². The Morgan fingerprint density at radius 2 is 0.954 bits per heavy atom. The fourth-order valence-electron chi connectivity index (χ4n) is 12.6. The van der Waals surface area contributed by atoms with E-state index in [9.17, 15) is 0 Å². The summed E-state index contributed by atoms with van der Waals surface area (Å²) >= 11 is 0. The Labute approximate surface area is 376 Å². The number of rotatable bonds is 3. The molecular weight excluding hydrogens is 785 g/mol. The first kappa shape index (κ1) is 35.1. The summed E-state index contributed by atoms with van der Waals surface area (Å²) in [6, 6.07) is 86.5. The van der Waals surface area contributed by atoms with E-state index in [4.69, 9.17) is 0 Å². The van der Waals surface area contributed by atoms with Crippen molar-refractivity contribution in [3.8, 4) is 44.8 Å². The van der Waals surface area contributed by atoms with Crippen LogP contribution in [-0.4, -0.2) is 9.13 Å². The third-order valence-corrected chi connectivity index (χ3v) is 15.2. The summed E-state index contributed by atoms with van der Waals surface area (Å²) in [4.78, 5) is 0. The molecule has 15 rings (SSSR count). The van der Waals surface area contributed by atoms with Crippen LogP contribution >= 0.6 is 0 Å². The van der Waals surface area contributed by atoms with Crippen LogP contribution in [0.15, 0.2) is 212 Å². The minimum absolute atomic E-state index is 0.239. The molecule has 1 spiro atoms. The number of hydrogen-bond donors (Lipinski definition) is 0. The lowest BCUT2D eigenvalue weighted by Gasteiger charge is -2.29. The van der Waals surface area contributed by atoms with Gasteiger partial charge in [-0.1, -0.05) is 158 Å². The lowest BCUT2D eigenvalue weighted by Crippen LogP contribution is -2.25. The van der Waals surface area contributed by atoms with Gasteiger partial charge in [-0.15, -0.1) is 0 Å². The van der Waals surface area contributed by atoms with Crippen molar-refractivity contribution in [1.82, 2.24) is 9.13 Å². The second-order valence-electron chi connectivity index (χ2n) is 18.1. The molecule has 65 heavy (non-hydrogen) atoms. The van der Waals surface area contributed by atoms with Gasteiger partial charge in [-0.05, 0) is 140 Å². The maximum absolute atomic E-state index is 3.65. The van der Waals surface area contributed by atoms with Crippen LogP contribution in [0.25, 0.3) is 88.4 Å². The van der Waals surface area contributed by atoms with Crippen molar-refractivity contribution >= 4 is 43.6 Å². The Bertz CT molecular complexity index is 3910. The zero-order valence-electron chi connectivity index (χ0n) is 35.4. The summed E-state index contributed by atoms with van der Waals surface area (Å²) in [7, 11) is 0. The summed E-state index contributed by atoms with van der Waals surface area (Å²) in [6.45, 7) is 0. The van der Waals surface area contributed by atoms with Crippen molar-refractivity contribution in [1.29, 1.82) is 0 Å². The highest BCUT2D eigenvalue weighted by Gasteiger charge is 2.52. The molecule has 0 bridgehead atoms. The van der Waals surface area contributed by atoms with E-state index in [-0.39, 0.29) is 5.92 Å². The number of hydrogen-bond acceptors (Lipinski definition) is 0. The first-order chi connectivity index (χ1) is 32.3. The average Bonchev–Trinajstić information content (AvgIpc) is 4.08. The fourth-order valence-corrected chi connectivity index (χ4v) is 12.6. The smallest absolute Gasteiger partial charge is 0.0804 e. The standard InChI is InChI=1S/C63H38N2/c1-2-16-43-39(15-1)35-51(45-18-4-3-17-44(43)45)40-29-33-61-53(36-40)54-38-42(64-59-27-13-8-22-49(59)50-23-9-14-28-60(50)64)31-34-62(54)65(61)41-30-32-58-52(37-41)48-21-7-12-26-57(48)63(58)55-24-10-5-19-46(55)47-20-6-11-25-56(47)63/h1-10,12-24,26-34,36-38,51H,35H2. The highest BCUT2D eigenvalue weighted by molar-refractivity contribution is 6.12. The molecule has 2 unspecified atom stereocenters. The van der Waals surface area contributed by atoms with Crippen molar-refractivity contribution in [3.05, 3.63) is 263 Å². The van der Waals surface area contributed by atoms with Gasteiger partial charge in [0, 0.05) is 44.4 Å². The van der Waals surface area contributed by atoms with Crippen LogP contribution in [-0.2, 0) is 11.8 Å². The van der Waals surface area contributed by atoms with Crippen molar-refractivity contribution in [2.75, 3.05) is 0 Å². The van der Waals surface area contributed by atoms with Crippen LogP contribution in [0.5, 0.6) is 0 Å². The molecule has 3 aliphatic carbocycles. The van der Waals surface area contributed by atoms with E-state index in [0.29, 0.717) is 0 Å². The minimum atomic E-state index is -0.462. The van der Waals surface area contributed by atoms with Gasteiger partial charge < -0.3 is 9.13 Å². The van der Waals surface area contributed by atoms with Gasteiger partial charge in [0.1, 0.15) is 0 Å². The third-order valence-electron chi connectivity index (χ3n) is 15.2. The Balaban J connectivity index is 0.986. The lowest BCUT2D eigenvalue weighted by atomic mass is 9.71. The van der Waals surface area contributed by atoms with Crippen LogP contribution in [0.2, 0.25) is 0 Å². The third kappa shape index (κ3) is 4.54. The van der Waals surface area contributed by atoms with E-state index in [1.807, 2.05) is 6.07 Å². The average molecular weight is 823 g/mol. The van der Waals surface area contributed by atoms with Gasteiger partial charge in [-0.3, -0.25) is 0 Å². The van der Waals surface area contributed by atoms with Gasteiger partial charge in [0.05, 0.1) is 27.5 Å². The molecule has 2 atom stereocenters. The van der Waals surface area contributed by atoms with Gasteiger partial charge in [0.15, 0.2) is 0 Å². The molecule has 300 valence electrons. The number of para-hydroxylation sites is 2. The van der Waals surface area contributed by atoms with Crippen LogP contribution in [0, 0.1) is 12.1 Å². The van der Waals surface area contributed by atoms with Gasteiger partial charge in [-0.25, -0.2) is 0 Å². The number of benzene rings is 9. The largest absolute Gasteiger partial charge is 0.309 e. The predicted octanol–water partition coefficient (Wildman–Crippen LogP) is 15.2. The van der Waals surface area contributed by atoms with Crippen LogP contribution in [0.3, 0.4) is 0 Å². The Morgan fingerprint density at radius 3 is 1.72 bits per heavy atom. The molecule has 0 N–H and O–H groups in total. The minimum Gasteiger partial charge on any atom is -0.309 e. The maximum atomic E-state index is 3.65. The highest BCUT2D eigenvalue weighted by Crippen LogP contribution is 2.62. The monoisotopic (exact) mass is 822 g/mol. The predicted molar refractivity (Wildman–Crippen MR) is 267 cm³/mol. The summed E-state index contributed by atoms with van der Waals surface area (Å²) in [5.41, 5.74) is 23.7. The molecule has 2 heterocycles. The summed E-state index contributed by atoms with van der Waals surface area (Å²) in [6.07, 6.45) is 0.970. The van der Waals surface area contributed by atoms with Gasteiger partial charge >= 0.3 is 0 Å². The molecule has 0 radical (unpaired) electrons. The van der Waals surface area contributed by atoms with E-state index in [1.165, 1.54) is 116 Å². The van der Waals surface area contributed by atoms with E-state index in [0.717, 1.165) is 17.8 Å². The summed E-state index contributed by atoms with van der Waals surface area (Å²) in [5, 5.41) is 5.04. The molecule has 2 aromatic heterocycles. The molecule has 0 amide bonds. The van der Waals surface area contributed by atoms with Crippen molar-refractivity contribution in [3.63, 3.8) is 0 Å². The van der Waals surface area contributed by atoms with E-state index in [2.05, 4.69) is 228 Å². The van der Waals surface area contributed by atoms with Crippen LogP contribution in [0.4, 0.5) is 0 Å². The molecule has 0 saturated heterocycles. The fraction of sp³-hybridized carbons (Fsp3) is 0.0476. The number of nitrogens with zero attached hydrogens (tertiary/aromatic N) is 2. The van der Waals surface area contributed by atoms with E-state index >= 15 is 0 Å². The van der Waals surface area contributed by atoms with E-state index < -0.39 is 5.41 Å². The second-order valence-corrected chi connectivity index (χ2v) is 18.1. The molecule has 10 aromatic carbocycles. The molecule has 12 aromatic rings. The molecule has 2 heteroatoms. The quantitative estimate of drug-likeness (QED) is 0.168. The first-order valence-electron chi connectivity index (χ1n) is 22.8. The maximum Gasteiger partial charge on any atom is 0.0804 e. The van der Waals surface area contributed by atoms with Gasteiger partial charge in [-0.2, -0.15) is 0 Å². The number of fused-ring (bicyclic) bond motifs is 19. The van der Waals surface area contributed by atoms with Gasteiger partial charge in [0.25, 0.3) is 0 Å². The Morgan fingerprint density at radius 1 is 0.400 bits per heavy atom. The topological polar surface area (TPSA) is 9.86 Å². The number of aromatic nitrogens is 2. The van der Waals surface area contributed by atoms with Crippen molar-refractivity contribution in [2.24, 2.45) is 0 Å². The highest BCUT2D eigenvalue weighted by atomic mass is 15.0. The Kier molecular flexibility index (Phi) is 6.95. The molecule has 2 nitrogen and oxygen atoms in total. The first-order valence-corrected chi connectivity index (χ1v) is 22.8. The summed E-state index contributed by atoms with van der Waals surface area (Å²) < 4.78 is 4.96.